The summed E-state index contributed by atoms with van der Waals surface area (Å²) in [4.78, 5) is 58.9. The van der Waals surface area contributed by atoms with Gasteiger partial charge in [-0.3, -0.25) is 24.0 Å². The van der Waals surface area contributed by atoms with Crippen molar-refractivity contribution in [3.63, 3.8) is 0 Å². The Hall–Kier alpha value is -1.24. The lowest BCUT2D eigenvalue weighted by Crippen LogP contribution is -2.63. The molecule has 0 amide bonds. The molecule has 1 heterocycles. The molecule has 1 rings (SSSR count). The van der Waals surface area contributed by atoms with Crippen LogP contribution in [-0.4, -0.2) is 96.6 Å². The average Bonchev–Trinajstić information content (AvgIpc) is 2.80. The molecule has 0 radical (unpaired) electrons. The van der Waals surface area contributed by atoms with Crippen LogP contribution in [0.1, 0.15) is 0 Å². The van der Waals surface area contributed by atoms with Gasteiger partial charge in [0.15, 0.2) is 12.2 Å². The van der Waals surface area contributed by atoms with E-state index in [2.05, 4.69) is 0 Å². The van der Waals surface area contributed by atoms with Gasteiger partial charge < -0.3 is 28.4 Å². The first kappa shape index (κ1) is 28.8. The van der Waals surface area contributed by atoms with Gasteiger partial charge in [-0.2, -0.15) is 0 Å². The zero-order chi connectivity index (χ0) is 24.3. The Kier molecular flexibility index (Phi) is 13.3. The molecule has 11 nitrogen and oxygen atoms in total. The molecule has 1 aliphatic rings. The third-order valence-electron chi connectivity index (χ3n) is 3.60. The van der Waals surface area contributed by atoms with E-state index in [-0.39, 0.29) is 0 Å². The van der Waals surface area contributed by atoms with E-state index < -0.39 is 96.6 Å². The van der Waals surface area contributed by atoms with E-state index in [4.69, 9.17) is 86.4 Å². The summed E-state index contributed by atoms with van der Waals surface area (Å²) in [6.45, 7) is -0.591. The van der Waals surface area contributed by atoms with Crippen LogP contribution in [0.25, 0.3) is 0 Å². The maximum absolute atomic E-state index is 11.9. The molecule has 5 atom stereocenters. The lowest BCUT2D eigenvalue weighted by molar-refractivity contribution is -0.299. The average molecular weight is 563 g/mol. The van der Waals surface area contributed by atoms with Crippen LogP contribution in [-0.2, 0) is 52.4 Å². The van der Waals surface area contributed by atoms with Gasteiger partial charge in [-0.05, 0) is 0 Å². The molecule has 0 bridgehead atoms. The van der Waals surface area contributed by atoms with Crippen molar-refractivity contribution in [2.45, 2.75) is 30.7 Å². The maximum Gasteiger partial charge on any atom is 0.323 e. The molecule has 0 aromatic carbocycles. The van der Waals surface area contributed by atoms with E-state index in [9.17, 15) is 24.0 Å². The summed E-state index contributed by atoms with van der Waals surface area (Å²) < 4.78 is 30.9. The Labute approximate surface area is 206 Å². The molecule has 0 aliphatic carbocycles. The van der Waals surface area contributed by atoms with Gasteiger partial charge in [-0.25, -0.2) is 0 Å². The van der Waals surface area contributed by atoms with Crippen molar-refractivity contribution >= 4 is 87.9 Å². The van der Waals surface area contributed by atoms with E-state index in [0.29, 0.717) is 0 Å². The Bertz CT molecular complexity index is 691. The van der Waals surface area contributed by atoms with Gasteiger partial charge in [0.25, 0.3) is 0 Å². The number of alkyl halides is 5. The number of carbonyl (C=O) groups is 5. The van der Waals surface area contributed by atoms with Crippen LogP contribution in [0.5, 0.6) is 0 Å². The Morgan fingerprint density at radius 2 is 0.969 bits per heavy atom. The van der Waals surface area contributed by atoms with Gasteiger partial charge in [-0.15, -0.1) is 58.0 Å². The molecule has 1 saturated heterocycles. The number of hydrogen-bond donors (Lipinski definition) is 0. The molecule has 0 unspecified atom stereocenters. The standard InChI is InChI=1S/C16H17Cl5O11/c17-1-8(22)27-6-7-13(29-9(23)2-18)14(30-10(24)3-19)15(31-11(25)4-20)16(28-7)32-12(26)5-21/h7,13-16H,1-6H2/t7-,13-,14+,15-,16-/m1/s1. The summed E-state index contributed by atoms with van der Waals surface area (Å²) in [7, 11) is 0. The van der Waals surface area contributed by atoms with Crippen molar-refractivity contribution in [2.24, 2.45) is 0 Å². The fourth-order valence-corrected chi connectivity index (χ4v) is 2.76. The minimum absolute atomic E-state index is 0.510. The van der Waals surface area contributed by atoms with E-state index in [1.165, 1.54) is 0 Å². The van der Waals surface area contributed by atoms with Crippen LogP contribution in [0, 0.1) is 0 Å². The molecule has 0 N–H and O–H groups in total. The molecule has 1 aliphatic heterocycles. The number of halogens is 5. The van der Waals surface area contributed by atoms with Crippen LogP contribution in [0.2, 0.25) is 0 Å². The highest BCUT2D eigenvalue weighted by atomic mass is 35.5. The SMILES string of the molecule is O=C(CCl)OC[C@H]1O[C@H](OC(=O)CCl)[C@H](OC(=O)CCl)[C@@H](OC(=O)CCl)[C@@H]1OC(=O)CCl. The van der Waals surface area contributed by atoms with Gasteiger partial charge in [0, 0.05) is 0 Å². The zero-order valence-corrected chi connectivity index (χ0v) is 19.8. The van der Waals surface area contributed by atoms with E-state index in [1.807, 2.05) is 0 Å². The molecule has 0 saturated carbocycles. The smallest absolute Gasteiger partial charge is 0.323 e. The van der Waals surface area contributed by atoms with Crippen molar-refractivity contribution < 1.29 is 52.4 Å². The second-order valence-corrected chi connectivity index (χ2v) is 7.08. The minimum Gasteiger partial charge on any atom is -0.462 e. The molecule has 0 aromatic heterocycles. The normalized spacial score (nSPS) is 24.7. The minimum atomic E-state index is -1.73. The molecular formula is C16H17Cl5O11. The van der Waals surface area contributed by atoms with Crippen LogP contribution in [0.15, 0.2) is 0 Å². The lowest BCUT2D eigenvalue weighted by Gasteiger charge is -2.43. The van der Waals surface area contributed by atoms with Crippen LogP contribution >= 0.6 is 58.0 Å². The summed E-state index contributed by atoms with van der Waals surface area (Å²) in [5.41, 5.74) is 0. The fourth-order valence-electron chi connectivity index (χ4n) is 2.43. The predicted octanol–water partition coefficient (Wildman–Crippen LogP) is 0.727. The zero-order valence-electron chi connectivity index (χ0n) is 16.0. The van der Waals surface area contributed by atoms with Gasteiger partial charge >= 0.3 is 29.8 Å². The molecule has 0 aromatic rings. The van der Waals surface area contributed by atoms with E-state index >= 15 is 0 Å². The van der Waals surface area contributed by atoms with Crippen molar-refractivity contribution in [3.8, 4) is 0 Å². The second-order valence-electron chi connectivity index (χ2n) is 5.75. The molecule has 182 valence electrons. The number of esters is 5. The highest BCUT2D eigenvalue weighted by molar-refractivity contribution is 6.27. The second kappa shape index (κ2) is 14.8. The van der Waals surface area contributed by atoms with E-state index in [0.717, 1.165) is 0 Å². The van der Waals surface area contributed by atoms with Crippen LogP contribution < -0.4 is 0 Å². The summed E-state index contributed by atoms with van der Waals surface area (Å²) in [5.74, 6) is -7.89. The Morgan fingerprint density at radius 1 is 0.562 bits per heavy atom. The third-order valence-corrected chi connectivity index (χ3v) is 4.69. The maximum atomic E-state index is 11.9. The lowest BCUT2D eigenvalue weighted by atomic mass is 9.98. The Morgan fingerprint density at radius 3 is 1.44 bits per heavy atom. The first-order valence-corrected chi connectivity index (χ1v) is 11.3. The number of ether oxygens (including phenoxy) is 6. The van der Waals surface area contributed by atoms with Crippen molar-refractivity contribution in [1.29, 1.82) is 0 Å². The largest absolute Gasteiger partial charge is 0.462 e. The number of hydrogen-bond acceptors (Lipinski definition) is 11. The monoisotopic (exact) mass is 560 g/mol. The summed E-state index contributed by atoms with van der Waals surface area (Å²) in [6, 6.07) is 0. The predicted molar refractivity (Wildman–Crippen MR) is 109 cm³/mol. The Balaban J connectivity index is 3.40. The first-order valence-electron chi connectivity index (χ1n) is 8.59. The number of carbonyl (C=O) groups excluding carboxylic acids is 5. The fraction of sp³-hybridized carbons (Fsp3) is 0.688. The van der Waals surface area contributed by atoms with Crippen molar-refractivity contribution in [3.05, 3.63) is 0 Å². The molecule has 16 heteroatoms. The van der Waals surface area contributed by atoms with Gasteiger partial charge in [-0.1, -0.05) is 0 Å². The quantitative estimate of drug-likeness (QED) is 0.200. The number of rotatable bonds is 11. The summed E-state index contributed by atoms with van der Waals surface area (Å²) in [6.07, 6.45) is -7.97. The first-order chi connectivity index (χ1) is 15.2. The van der Waals surface area contributed by atoms with Gasteiger partial charge in [0.2, 0.25) is 12.4 Å². The van der Waals surface area contributed by atoms with Crippen molar-refractivity contribution in [2.75, 3.05) is 36.0 Å². The molecule has 0 spiro atoms. The van der Waals surface area contributed by atoms with Crippen LogP contribution in [0.4, 0.5) is 0 Å². The van der Waals surface area contributed by atoms with Gasteiger partial charge in [0.05, 0.1) is 0 Å². The van der Waals surface area contributed by atoms with E-state index in [1.54, 1.807) is 0 Å². The summed E-state index contributed by atoms with van der Waals surface area (Å²) >= 11 is 27.2. The molecular weight excluding hydrogens is 545 g/mol. The van der Waals surface area contributed by atoms with Crippen molar-refractivity contribution in [1.82, 2.24) is 0 Å². The topological polar surface area (TPSA) is 141 Å². The van der Waals surface area contributed by atoms with Gasteiger partial charge in [0.1, 0.15) is 42.1 Å². The highest BCUT2D eigenvalue weighted by Crippen LogP contribution is 2.30. The highest BCUT2D eigenvalue weighted by Gasteiger charge is 2.54. The molecule has 32 heavy (non-hydrogen) atoms. The molecule has 1 fully saturated rings. The van der Waals surface area contributed by atoms with Crippen LogP contribution in [0.3, 0.4) is 0 Å². The third kappa shape index (κ3) is 8.95. The summed E-state index contributed by atoms with van der Waals surface area (Å²) in [5, 5.41) is 0.